The maximum atomic E-state index is 8.87. The van der Waals surface area contributed by atoms with E-state index in [-0.39, 0.29) is 0 Å². The van der Waals surface area contributed by atoms with Gasteiger partial charge in [0.15, 0.2) is 0 Å². The molecule has 0 N–H and O–H groups in total. The van der Waals surface area contributed by atoms with E-state index in [4.69, 9.17) is 5.26 Å². The average molecular weight is 266 g/mol. The van der Waals surface area contributed by atoms with E-state index in [1.807, 2.05) is 12.1 Å². The van der Waals surface area contributed by atoms with Gasteiger partial charge < -0.3 is 0 Å². The number of nitrogens with zero attached hydrogens (tertiary/aromatic N) is 1. The Bertz CT molecular complexity index is 352. The molecule has 1 nitrogen and oxygen atoms in total. The van der Waals surface area contributed by atoms with Gasteiger partial charge >= 0.3 is 0 Å². The summed E-state index contributed by atoms with van der Waals surface area (Å²) in [5.74, 6) is 0. The molecule has 0 radical (unpaired) electrons. The molecule has 0 spiro atoms. The monoisotopic (exact) mass is 265 g/mol. The van der Waals surface area contributed by atoms with Crippen LogP contribution in [0.1, 0.15) is 43.7 Å². The normalized spacial score (nSPS) is 9.93. The van der Waals surface area contributed by atoms with Crippen LogP contribution in [-0.4, -0.2) is 0 Å². The van der Waals surface area contributed by atoms with Crippen molar-refractivity contribution in [3.8, 4) is 6.07 Å². The molecule has 0 bridgehead atoms. The van der Waals surface area contributed by atoms with Gasteiger partial charge in [0.1, 0.15) is 6.07 Å². The fraction of sp³-hybridized carbons (Fsp3) is 0.462. The SMILES string of the molecule is CCCCCCc1ccc(Br)c(C#N)c1. The lowest BCUT2D eigenvalue weighted by molar-refractivity contribution is 0.667. The molecule has 80 valence electrons. The molecule has 0 aliphatic heterocycles. The minimum atomic E-state index is 0.739. The van der Waals surface area contributed by atoms with Gasteiger partial charge in [-0.1, -0.05) is 32.3 Å². The number of unbranched alkanes of at least 4 members (excludes halogenated alkanes) is 3. The molecule has 2 heteroatoms. The van der Waals surface area contributed by atoms with Crippen LogP contribution in [0.25, 0.3) is 0 Å². The van der Waals surface area contributed by atoms with Crippen LogP contribution >= 0.6 is 15.9 Å². The smallest absolute Gasteiger partial charge is 0.100 e. The third kappa shape index (κ3) is 4.05. The van der Waals surface area contributed by atoms with Crippen molar-refractivity contribution in [2.75, 3.05) is 0 Å². The summed E-state index contributed by atoms with van der Waals surface area (Å²) in [4.78, 5) is 0. The summed E-state index contributed by atoms with van der Waals surface area (Å²) in [6.45, 7) is 2.22. The summed E-state index contributed by atoms with van der Waals surface area (Å²) in [5, 5.41) is 8.87. The van der Waals surface area contributed by atoms with Gasteiger partial charge in [0.25, 0.3) is 0 Å². The topological polar surface area (TPSA) is 23.8 Å². The minimum Gasteiger partial charge on any atom is -0.192 e. The van der Waals surface area contributed by atoms with E-state index in [1.165, 1.54) is 31.2 Å². The minimum absolute atomic E-state index is 0.739. The van der Waals surface area contributed by atoms with E-state index in [9.17, 15) is 0 Å². The Morgan fingerprint density at radius 1 is 1.27 bits per heavy atom. The summed E-state index contributed by atoms with van der Waals surface area (Å²) < 4.78 is 0.891. The molecule has 0 amide bonds. The molecule has 0 unspecified atom stereocenters. The standard InChI is InChI=1S/C13H16BrN/c1-2-3-4-5-6-11-7-8-13(14)12(9-11)10-15/h7-9H,2-6H2,1H3. The van der Waals surface area contributed by atoms with Crippen molar-refractivity contribution in [3.05, 3.63) is 33.8 Å². The lowest BCUT2D eigenvalue weighted by atomic mass is 10.0. The van der Waals surface area contributed by atoms with Crippen molar-refractivity contribution < 1.29 is 0 Å². The zero-order valence-electron chi connectivity index (χ0n) is 9.09. The van der Waals surface area contributed by atoms with Gasteiger partial charge in [0.05, 0.1) is 5.56 Å². The molecule has 1 aromatic carbocycles. The summed E-state index contributed by atoms with van der Waals surface area (Å²) in [6.07, 6.45) is 6.17. The lowest BCUT2D eigenvalue weighted by Gasteiger charge is -2.02. The van der Waals surface area contributed by atoms with Crippen LogP contribution in [0.15, 0.2) is 22.7 Å². The first kappa shape index (κ1) is 12.3. The number of hydrogen-bond donors (Lipinski definition) is 0. The van der Waals surface area contributed by atoms with Crippen molar-refractivity contribution in [1.29, 1.82) is 5.26 Å². The van der Waals surface area contributed by atoms with E-state index in [0.29, 0.717) is 0 Å². The van der Waals surface area contributed by atoms with Gasteiger partial charge in [-0.05, 0) is 46.5 Å². The van der Waals surface area contributed by atoms with Crippen molar-refractivity contribution in [3.63, 3.8) is 0 Å². The predicted molar refractivity (Wildman–Crippen MR) is 66.7 cm³/mol. The van der Waals surface area contributed by atoms with E-state index in [2.05, 4.69) is 35.0 Å². The maximum Gasteiger partial charge on any atom is 0.100 e. The molecule has 0 aliphatic carbocycles. The van der Waals surface area contributed by atoms with Gasteiger partial charge in [0, 0.05) is 4.47 Å². The molecule has 1 aromatic rings. The van der Waals surface area contributed by atoms with Crippen LogP contribution in [-0.2, 0) is 6.42 Å². The molecule has 0 saturated carbocycles. The number of nitriles is 1. The summed E-state index contributed by atoms with van der Waals surface area (Å²) in [7, 11) is 0. The van der Waals surface area contributed by atoms with Gasteiger partial charge in [-0.2, -0.15) is 5.26 Å². The van der Waals surface area contributed by atoms with E-state index < -0.39 is 0 Å². The zero-order chi connectivity index (χ0) is 11.1. The summed E-state index contributed by atoms with van der Waals surface area (Å²) in [5.41, 5.74) is 2.01. The molecule has 0 saturated heterocycles. The molecule has 0 heterocycles. The number of hydrogen-bond acceptors (Lipinski definition) is 1. The third-order valence-corrected chi connectivity index (χ3v) is 3.16. The molecule has 0 fully saturated rings. The Kier molecular flexibility index (Phi) is 5.42. The van der Waals surface area contributed by atoms with E-state index in [1.54, 1.807) is 0 Å². The summed E-state index contributed by atoms with van der Waals surface area (Å²) in [6, 6.07) is 8.23. The predicted octanol–water partition coefficient (Wildman–Crippen LogP) is 4.44. The van der Waals surface area contributed by atoms with E-state index >= 15 is 0 Å². The van der Waals surface area contributed by atoms with Gasteiger partial charge in [-0.25, -0.2) is 0 Å². The van der Waals surface area contributed by atoms with Crippen LogP contribution < -0.4 is 0 Å². The Hall–Kier alpha value is -0.810. The van der Waals surface area contributed by atoms with Crippen LogP contribution in [0.5, 0.6) is 0 Å². The Morgan fingerprint density at radius 2 is 2.07 bits per heavy atom. The van der Waals surface area contributed by atoms with Crippen LogP contribution in [0.2, 0.25) is 0 Å². The highest BCUT2D eigenvalue weighted by atomic mass is 79.9. The van der Waals surface area contributed by atoms with Crippen LogP contribution in [0.3, 0.4) is 0 Å². The van der Waals surface area contributed by atoms with Crippen LogP contribution in [0.4, 0.5) is 0 Å². The number of benzene rings is 1. The van der Waals surface area contributed by atoms with Crippen molar-refractivity contribution >= 4 is 15.9 Å². The fourth-order valence-corrected chi connectivity index (χ4v) is 1.90. The average Bonchev–Trinajstić information content (AvgIpc) is 2.26. The van der Waals surface area contributed by atoms with Crippen molar-refractivity contribution in [1.82, 2.24) is 0 Å². The quantitative estimate of drug-likeness (QED) is 0.722. The highest BCUT2D eigenvalue weighted by Gasteiger charge is 2.00. The van der Waals surface area contributed by atoms with Gasteiger partial charge in [-0.3, -0.25) is 0 Å². The highest BCUT2D eigenvalue weighted by molar-refractivity contribution is 9.10. The molecule has 0 aliphatic rings. The lowest BCUT2D eigenvalue weighted by Crippen LogP contribution is -1.88. The molecule has 1 rings (SSSR count). The van der Waals surface area contributed by atoms with Crippen molar-refractivity contribution in [2.45, 2.75) is 39.0 Å². The number of aryl methyl sites for hydroxylation is 1. The largest absolute Gasteiger partial charge is 0.192 e. The molecule has 0 aromatic heterocycles. The molecular formula is C13H16BrN. The van der Waals surface area contributed by atoms with Crippen molar-refractivity contribution in [2.24, 2.45) is 0 Å². The molecule has 0 atom stereocenters. The maximum absolute atomic E-state index is 8.87. The third-order valence-electron chi connectivity index (χ3n) is 2.47. The summed E-state index contributed by atoms with van der Waals surface area (Å²) >= 11 is 3.36. The highest BCUT2D eigenvalue weighted by Crippen LogP contribution is 2.18. The Morgan fingerprint density at radius 3 is 2.73 bits per heavy atom. The molecule has 15 heavy (non-hydrogen) atoms. The van der Waals surface area contributed by atoms with Gasteiger partial charge in [0.2, 0.25) is 0 Å². The first-order valence-electron chi connectivity index (χ1n) is 5.46. The second-order valence-electron chi connectivity index (χ2n) is 3.74. The number of halogens is 1. The zero-order valence-corrected chi connectivity index (χ0v) is 10.7. The Labute approximate surface area is 100 Å². The van der Waals surface area contributed by atoms with E-state index in [0.717, 1.165) is 16.5 Å². The Balaban J connectivity index is 2.52. The second-order valence-corrected chi connectivity index (χ2v) is 4.59. The fourth-order valence-electron chi connectivity index (χ4n) is 1.57. The second kappa shape index (κ2) is 6.63. The number of rotatable bonds is 5. The van der Waals surface area contributed by atoms with Crippen LogP contribution in [0, 0.1) is 11.3 Å². The molecular weight excluding hydrogens is 250 g/mol. The first-order chi connectivity index (χ1) is 7.27. The first-order valence-corrected chi connectivity index (χ1v) is 6.25. The van der Waals surface area contributed by atoms with Gasteiger partial charge in [-0.15, -0.1) is 0 Å².